The molecule has 3 aromatic rings. The van der Waals surface area contributed by atoms with Crippen molar-refractivity contribution >= 4 is 29.9 Å². The Hall–Kier alpha value is -2.49. The summed E-state index contributed by atoms with van der Waals surface area (Å²) in [5.74, 6) is 0.596. The van der Waals surface area contributed by atoms with Gasteiger partial charge in [0.2, 0.25) is 0 Å². The van der Waals surface area contributed by atoms with Gasteiger partial charge in [-0.2, -0.15) is 5.10 Å². The second-order valence-corrected chi connectivity index (χ2v) is 7.35. The molecule has 0 unspecified atom stereocenters. The van der Waals surface area contributed by atoms with Gasteiger partial charge in [0.25, 0.3) is 0 Å². The Balaban J connectivity index is 0.00000256. The van der Waals surface area contributed by atoms with Gasteiger partial charge >= 0.3 is 0 Å². The molecule has 2 N–H and O–H groups in total. The lowest BCUT2D eigenvalue weighted by atomic mass is 9.96. The average molecular weight is 520 g/mol. The summed E-state index contributed by atoms with van der Waals surface area (Å²) in [5.41, 5.74) is 3.14. The topological polar surface area (TPSA) is 67.1 Å². The van der Waals surface area contributed by atoms with Crippen molar-refractivity contribution in [2.45, 2.75) is 31.7 Å². The Morgan fingerprint density at radius 1 is 1.17 bits per heavy atom. The van der Waals surface area contributed by atoms with Crippen LogP contribution >= 0.6 is 24.0 Å². The maximum Gasteiger partial charge on any atom is 0.191 e. The predicted molar refractivity (Wildman–Crippen MR) is 127 cm³/mol. The van der Waals surface area contributed by atoms with Gasteiger partial charge in [0.15, 0.2) is 5.96 Å². The van der Waals surface area contributed by atoms with E-state index in [2.05, 4.69) is 20.7 Å². The number of guanidine groups is 1. The largest absolute Gasteiger partial charge is 0.357 e. The van der Waals surface area contributed by atoms with Gasteiger partial charge in [-0.1, -0.05) is 24.3 Å². The lowest BCUT2D eigenvalue weighted by molar-refractivity contribution is 0.607. The molecule has 8 heteroatoms. The van der Waals surface area contributed by atoms with Crippen LogP contribution < -0.4 is 10.6 Å². The molecular weight excluding hydrogens is 494 g/mol. The van der Waals surface area contributed by atoms with Crippen LogP contribution in [0.5, 0.6) is 0 Å². The molecule has 0 aliphatic heterocycles. The van der Waals surface area contributed by atoms with Crippen molar-refractivity contribution in [3.05, 3.63) is 78.1 Å². The number of hydrogen-bond donors (Lipinski definition) is 2. The van der Waals surface area contributed by atoms with Crippen molar-refractivity contribution < 1.29 is 4.39 Å². The molecule has 6 nitrogen and oxygen atoms in total. The van der Waals surface area contributed by atoms with Gasteiger partial charge in [-0.3, -0.25) is 0 Å². The lowest BCUT2D eigenvalue weighted by Gasteiger charge is -2.19. The van der Waals surface area contributed by atoms with E-state index < -0.39 is 0 Å². The Morgan fingerprint density at radius 2 is 1.97 bits per heavy atom. The van der Waals surface area contributed by atoms with Crippen LogP contribution in [0.15, 0.2) is 66.2 Å². The molecule has 0 spiro atoms. The monoisotopic (exact) mass is 520 g/mol. The van der Waals surface area contributed by atoms with E-state index in [0.29, 0.717) is 6.54 Å². The number of aromatic nitrogens is 3. The van der Waals surface area contributed by atoms with Crippen LogP contribution in [-0.4, -0.2) is 33.8 Å². The molecule has 0 bridgehead atoms. The van der Waals surface area contributed by atoms with Crippen LogP contribution in [-0.2, 0) is 12.0 Å². The van der Waals surface area contributed by atoms with Gasteiger partial charge in [0.05, 0.1) is 12.2 Å². The molecule has 1 aliphatic carbocycles. The van der Waals surface area contributed by atoms with Crippen LogP contribution in [0.3, 0.4) is 0 Å². The highest BCUT2D eigenvalue weighted by atomic mass is 127. The van der Waals surface area contributed by atoms with E-state index in [0.717, 1.165) is 48.7 Å². The summed E-state index contributed by atoms with van der Waals surface area (Å²) in [6.07, 6.45) is 5.31. The van der Waals surface area contributed by atoms with Crippen molar-refractivity contribution in [2.75, 3.05) is 13.1 Å². The third kappa shape index (κ3) is 5.35. The molecule has 1 aliphatic rings. The number of nitrogens with one attached hydrogen (secondary N) is 2. The van der Waals surface area contributed by atoms with E-state index in [-0.39, 0.29) is 35.2 Å². The van der Waals surface area contributed by atoms with Crippen LogP contribution in [0.1, 0.15) is 30.9 Å². The first-order valence-corrected chi connectivity index (χ1v) is 9.91. The first kappa shape index (κ1) is 22.2. The van der Waals surface area contributed by atoms with E-state index >= 15 is 0 Å². The van der Waals surface area contributed by atoms with Crippen molar-refractivity contribution in [3.63, 3.8) is 0 Å². The van der Waals surface area contributed by atoms with Crippen LogP contribution in [0.2, 0.25) is 0 Å². The molecule has 0 radical (unpaired) electrons. The number of halogens is 2. The standard InChI is InChI=1S/C22H25FN6.HI/c1-2-25-21(27-14-22(10-11-22)18-4-3-5-19(23)12-18)26-13-17-6-8-20(9-7-17)29-16-24-15-28-29;/h3-9,12,15-16H,2,10-11,13-14H2,1H3,(H2,25,26,27);1H. The molecule has 0 atom stereocenters. The molecule has 30 heavy (non-hydrogen) atoms. The summed E-state index contributed by atoms with van der Waals surface area (Å²) in [4.78, 5) is 8.67. The molecule has 4 rings (SSSR count). The van der Waals surface area contributed by atoms with Crippen molar-refractivity contribution in [3.8, 4) is 5.69 Å². The van der Waals surface area contributed by atoms with Crippen LogP contribution in [0.25, 0.3) is 5.69 Å². The fraction of sp³-hybridized carbons (Fsp3) is 0.318. The summed E-state index contributed by atoms with van der Waals surface area (Å²) < 4.78 is 15.3. The van der Waals surface area contributed by atoms with E-state index in [1.54, 1.807) is 23.1 Å². The minimum absolute atomic E-state index is 0. The molecule has 2 aromatic carbocycles. The summed E-state index contributed by atoms with van der Waals surface area (Å²) >= 11 is 0. The second-order valence-electron chi connectivity index (χ2n) is 7.35. The van der Waals surface area contributed by atoms with Gasteiger partial charge in [-0.05, 0) is 55.2 Å². The number of benzene rings is 2. The van der Waals surface area contributed by atoms with Gasteiger partial charge in [0.1, 0.15) is 18.5 Å². The third-order valence-electron chi connectivity index (χ3n) is 5.27. The predicted octanol–water partition coefficient (Wildman–Crippen LogP) is 3.81. The van der Waals surface area contributed by atoms with E-state index in [1.807, 2.05) is 37.3 Å². The maximum absolute atomic E-state index is 13.6. The SMILES string of the molecule is CCNC(=NCc1ccc(-n2cncn2)cc1)NCC1(c2cccc(F)c2)CC1.I. The molecule has 0 saturated heterocycles. The lowest BCUT2D eigenvalue weighted by Crippen LogP contribution is -2.41. The summed E-state index contributed by atoms with van der Waals surface area (Å²) in [6.45, 7) is 4.14. The number of hydrogen-bond acceptors (Lipinski definition) is 3. The molecule has 158 valence electrons. The highest BCUT2D eigenvalue weighted by Gasteiger charge is 2.44. The highest BCUT2D eigenvalue weighted by molar-refractivity contribution is 14.0. The van der Waals surface area contributed by atoms with Crippen LogP contribution in [0.4, 0.5) is 4.39 Å². The first-order chi connectivity index (χ1) is 14.2. The van der Waals surface area contributed by atoms with Gasteiger partial charge < -0.3 is 10.6 Å². The van der Waals surface area contributed by atoms with Crippen molar-refractivity contribution in [2.24, 2.45) is 4.99 Å². The number of nitrogens with zero attached hydrogens (tertiary/aromatic N) is 4. The molecule has 1 aromatic heterocycles. The van der Waals surface area contributed by atoms with Gasteiger partial charge in [-0.25, -0.2) is 19.0 Å². The third-order valence-corrected chi connectivity index (χ3v) is 5.27. The zero-order valence-electron chi connectivity index (χ0n) is 16.9. The molecule has 1 fully saturated rings. The fourth-order valence-corrected chi connectivity index (χ4v) is 3.40. The Kier molecular flexibility index (Phi) is 7.41. The van der Waals surface area contributed by atoms with E-state index in [1.165, 1.54) is 12.4 Å². The average Bonchev–Trinajstić information content (AvgIpc) is 3.34. The minimum atomic E-state index is -0.177. The molecule has 0 amide bonds. The number of rotatable bonds is 7. The van der Waals surface area contributed by atoms with Crippen molar-refractivity contribution in [1.29, 1.82) is 0 Å². The van der Waals surface area contributed by atoms with Gasteiger partial charge in [-0.15, -0.1) is 24.0 Å². The summed E-state index contributed by atoms with van der Waals surface area (Å²) in [7, 11) is 0. The Bertz CT molecular complexity index is 968. The molecule has 1 heterocycles. The smallest absolute Gasteiger partial charge is 0.191 e. The first-order valence-electron chi connectivity index (χ1n) is 9.91. The van der Waals surface area contributed by atoms with Crippen molar-refractivity contribution in [1.82, 2.24) is 25.4 Å². The Morgan fingerprint density at radius 3 is 2.60 bits per heavy atom. The second kappa shape index (κ2) is 10.0. The van der Waals surface area contributed by atoms with Crippen LogP contribution in [0, 0.1) is 5.82 Å². The Labute approximate surface area is 193 Å². The zero-order valence-corrected chi connectivity index (χ0v) is 19.2. The summed E-state index contributed by atoms with van der Waals surface area (Å²) in [5, 5.41) is 10.9. The van der Waals surface area contributed by atoms with E-state index in [4.69, 9.17) is 4.99 Å². The fourth-order valence-electron chi connectivity index (χ4n) is 3.40. The highest BCUT2D eigenvalue weighted by Crippen LogP contribution is 2.47. The zero-order chi connectivity index (χ0) is 20.1. The number of aliphatic imine (C=N–C) groups is 1. The molecule has 1 saturated carbocycles. The normalized spacial score (nSPS) is 14.7. The maximum atomic E-state index is 13.6. The minimum Gasteiger partial charge on any atom is -0.357 e. The van der Waals surface area contributed by atoms with Gasteiger partial charge in [0, 0.05) is 18.5 Å². The van der Waals surface area contributed by atoms with E-state index in [9.17, 15) is 4.39 Å². The summed E-state index contributed by atoms with van der Waals surface area (Å²) in [6, 6.07) is 15.0. The quantitative estimate of drug-likeness (QED) is 0.283. The molecular formula is C22H26FIN6.